The maximum Gasteiger partial charge on any atom is 0.319 e. The number of aromatic nitrogens is 1. The fraction of sp³-hybridized carbons (Fsp3) is 0.300. The van der Waals surface area contributed by atoms with Crippen LogP contribution in [0.25, 0.3) is 0 Å². The highest BCUT2D eigenvalue weighted by Crippen LogP contribution is 2.01. The lowest BCUT2D eigenvalue weighted by Gasteiger charge is -2.06. The van der Waals surface area contributed by atoms with Crippen molar-refractivity contribution in [2.75, 3.05) is 25.5 Å². The zero-order valence-electron chi connectivity index (χ0n) is 8.99. The van der Waals surface area contributed by atoms with Crippen LogP contribution in [-0.4, -0.2) is 36.9 Å². The normalized spacial score (nSPS) is 9.56. The van der Waals surface area contributed by atoms with Gasteiger partial charge in [0.1, 0.15) is 0 Å². The van der Waals surface area contributed by atoms with Gasteiger partial charge in [-0.15, -0.1) is 0 Å². The molecular formula is C10H14N4O2. The van der Waals surface area contributed by atoms with Gasteiger partial charge in [-0.25, -0.2) is 4.79 Å². The van der Waals surface area contributed by atoms with Crippen molar-refractivity contribution in [1.29, 1.82) is 0 Å². The number of urea groups is 1. The van der Waals surface area contributed by atoms with E-state index >= 15 is 0 Å². The van der Waals surface area contributed by atoms with Gasteiger partial charge in [0, 0.05) is 6.20 Å². The fourth-order valence-electron chi connectivity index (χ4n) is 1.05. The number of carbonyl (C=O) groups is 2. The zero-order valence-corrected chi connectivity index (χ0v) is 8.99. The lowest BCUT2D eigenvalue weighted by atomic mass is 10.4. The quantitative estimate of drug-likeness (QED) is 0.654. The van der Waals surface area contributed by atoms with Crippen LogP contribution in [0.1, 0.15) is 0 Å². The molecule has 2 amide bonds. The third-order valence-corrected chi connectivity index (χ3v) is 1.74. The van der Waals surface area contributed by atoms with Gasteiger partial charge in [0.2, 0.25) is 0 Å². The van der Waals surface area contributed by atoms with Gasteiger partial charge in [-0.2, -0.15) is 0 Å². The van der Waals surface area contributed by atoms with E-state index in [0.717, 1.165) is 0 Å². The number of hydrogen-bond acceptors (Lipinski definition) is 4. The van der Waals surface area contributed by atoms with Crippen LogP contribution >= 0.6 is 0 Å². The number of carbonyl (C=O) groups excluding carboxylic acids is 2. The van der Waals surface area contributed by atoms with Crippen molar-refractivity contribution in [1.82, 2.24) is 15.6 Å². The van der Waals surface area contributed by atoms with Crippen LogP contribution in [0.4, 0.5) is 10.5 Å². The minimum atomic E-state index is -0.419. The molecule has 0 fully saturated rings. The Morgan fingerprint density at radius 3 is 2.81 bits per heavy atom. The molecule has 0 saturated carbocycles. The molecular weight excluding hydrogens is 208 g/mol. The average molecular weight is 222 g/mol. The monoisotopic (exact) mass is 222 g/mol. The molecule has 0 aromatic carbocycles. The third-order valence-electron chi connectivity index (χ3n) is 1.74. The average Bonchev–Trinajstić information content (AvgIpc) is 2.28. The molecule has 3 N–H and O–H groups in total. The Hall–Kier alpha value is -1.95. The Balaban J connectivity index is 2.29. The van der Waals surface area contributed by atoms with Crippen molar-refractivity contribution in [3.8, 4) is 0 Å². The van der Waals surface area contributed by atoms with Gasteiger partial charge in [-0.3, -0.25) is 9.78 Å². The molecule has 0 aliphatic rings. The summed E-state index contributed by atoms with van der Waals surface area (Å²) in [7, 11) is 1.67. The van der Waals surface area contributed by atoms with Gasteiger partial charge in [0.25, 0.3) is 0 Å². The molecule has 0 aliphatic carbocycles. The summed E-state index contributed by atoms with van der Waals surface area (Å²) in [5, 5.41) is 7.71. The molecule has 0 bridgehead atoms. The summed E-state index contributed by atoms with van der Waals surface area (Å²) in [5.41, 5.74) is 0.584. The number of hydrogen-bond donors (Lipinski definition) is 3. The molecule has 0 spiro atoms. The summed E-state index contributed by atoms with van der Waals surface area (Å²) < 4.78 is 0. The molecule has 0 atom stereocenters. The summed E-state index contributed by atoms with van der Waals surface area (Å²) >= 11 is 0. The van der Waals surface area contributed by atoms with Crippen LogP contribution < -0.4 is 16.0 Å². The Labute approximate surface area is 93.4 Å². The van der Waals surface area contributed by atoms with Crippen molar-refractivity contribution in [3.63, 3.8) is 0 Å². The summed E-state index contributed by atoms with van der Waals surface area (Å²) in [4.78, 5) is 26.2. The first kappa shape index (κ1) is 12.1. The van der Waals surface area contributed by atoms with Crippen molar-refractivity contribution in [2.24, 2.45) is 0 Å². The van der Waals surface area contributed by atoms with Crippen molar-refractivity contribution in [3.05, 3.63) is 24.5 Å². The van der Waals surface area contributed by atoms with Crippen LogP contribution in [-0.2, 0) is 4.79 Å². The predicted molar refractivity (Wildman–Crippen MR) is 60.2 cm³/mol. The summed E-state index contributed by atoms with van der Waals surface area (Å²) in [6.45, 7) is 0.250. The van der Waals surface area contributed by atoms with Gasteiger partial charge >= 0.3 is 6.03 Å². The van der Waals surface area contributed by atoms with E-state index in [1.165, 1.54) is 6.20 Å². The number of nitrogens with zero attached hydrogens (tertiary/aromatic N) is 1. The van der Waals surface area contributed by atoms with E-state index < -0.39 is 6.03 Å². The van der Waals surface area contributed by atoms with E-state index in [1.54, 1.807) is 25.4 Å². The van der Waals surface area contributed by atoms with Crippen LogP contribution in [0.3, 0.4) is 0 Å². The minimum Gasteiger partial charge on any atom is -0.331 e. The minimum absolute atomic E-state index is 0.00688. The number of likely N-dealkylation sites (N-methyl/N-ethyl adjacent to an activating group) is 1. The van der Waals surface area contributed by atoms with Gasteiger partial charge in [-0.05, 0) is 19.2 Å². The second-order valence-corrected chi connectivity index (χ2v) is 3.12. The van der Waals surface area contributed by atoms with Gasteiger partial charge in [-0.1, -0.05) is 0 Å². The molecule has 6 nitrogen and oxygen atoms in total. The smallest absolute Gasteiger partial charge is 0.319 e. The molecule has 16 heavy (non-hydrogen) atoms. The Kier molecular flexibility index (Phi) is 4.94. The molecule has 1 rings (SSSR count). The third kappa shape index (κ3) is 4.52. The van der Waals surface area contributed by atoms with E-state index in [0.29, 0.717) is 5.69 Å². The van der Waals surface area contributed by atoms with Crippen LogP contribution in [0.2, 0.25) is 0 Å². The molecule has 0 aliphatic heterocycles. The highest BCUT2D eigenvalue weighted by atomic mass is 16.2. The van der Waals surface area contributed by atoms with Crippen molar-refractivity contribution >= 4 is 17.5 Å². The highest BCUT2D eigenvalue weighted by molar-refractivity contribution is 5.92. The lowest BCUT2D eigenvalue weighted by molar-refractivity contribution is -0.117. The summed E-state index contributed by atoms with van der Waals surface area (Å²) in [5.74, 6) is -0.0798. The molecule has 0 unspecified atom stereocenters. The standard InChI is InChI=1S/C10H14N4O2/c1-11-6-9(15)7-13-10(16)14-8-3-2-4-12-5-8/h2-5,11H,6-7H2,1H3,(H2,13,14,16). The second-order valence-electron chi connectivity index (χ2n) is 3.12. The molecule has 0 saturated heterocycles. The largest absolute Gasteiger partial charge is 0.331 e. The summed E-state index contributed by atoms with van der Waals surface area (Å²) in [6.07, 6.45) is 3.13. The molecule has 1 aromatic rings. The number of rotatable bonds is 5. The Morgan fingerprint density at radius 2 is 2.19 bits per heavy atom. The number of nitrogens with one attached hydrogen (secondary N) is 3. The zero-order chi connectivity index (χ0) is 11.8. The van der Waals surface area contributed by atoms with Crippen molar-refractivity contribution < 1.29 is 9.59 Å². The maximum absolute atomic E-state index is 11.3. The number of anilines is 1. The lowest BCUT2D eigenvalue weighted by Crippen LogP contribution is -2.36. The van der Waals surface area contributed by atoms with Crippen LogP contribution in [0, 0.1) is 0 Å². The van der Waals surface area contributed by atoms with E-state index in [4.69, 9.17) is 0 Å². The molecule has 1 heterocycles. The molecule has 0 radical (unpaired) electrons. The molecule has 6 heteroatoms. The topological polar surface area (TPSA) is 83.1 Å². The first-order valence-corrected chi connectivity index (χ1v) is 4.83. The fourth-order valence-corrected chi connectivity index (χ4v) is 1.05. The first-order chi connectivity index (χ1) is 7.72. The first-order valence-electron chi connectivity index (χ1n) is 4.83. The SMILES string of the molecule is CNCC(=O)CNC(=O)Nc1cccnc1. The number of pyridine rings is 1. The van der Waals surface area contributed by atoms with E-state index in [1.807, 2.05) is 0 Å². The van der Waals surface area contributed by atoms with E-state index in [-0.39, 0.29) is 18.9 Å². The number of ketones is 1. The molecule has 86 valence electrons. The summed E-state index contributed by atoms with van der Waals surface area (Å²) in [6, 6.07) is 3.00. The second kappa shape index (κ2) is 6.52. The van der Waals surface area contributed by atoms with Crippen molar-refractivity contribution in [2.45, 2.75) is 0 Å². The van der Waals surface area contributed by atoms with Gasteiger partial charge in [0.15, 0.2) is 5.78 Å². The maximum atomic E-state index is 11.3. The van der Waals surface area contributed by atoms with E-state index in [2.05, 4.69) is 20.9 Å². The number of amides is 2. The van der Waals surface area contributed by atoms with Gasteiger partial charge in [0.05, 0.1) is 25.0 Å². The predicted octanol–water partition coefficient (Wildman–Crippen LogP) is -0.00840. The number of Topliss-reactive ketones (excluding diaryl/α,β-unsaturated/α-hetero) is 1. The van der Waals surface area contributed by atoms with Gasteiger partial charge < -0.3 is 16.0 Å². The Morgan fingerprint density at radius 1 is 1.38 bits per heavy atom. The van der Waals surface area contributed by atoms with E-state index in [9.17, 15) is 9.59 Å². The highest BCUT2D eigenvalue weighted by Gasteiger charge is 2.04. The van der Waals surface area contributed by atoms with Crippen LogP contribution in [0.15, 0.2) is 24.5 Å². The van der Waals surface area contributed by atoms with Crippen LogP contribution in [0.5, 0.6) is 0 Å². The Bertz CT molecular complexity index is 353. The molecule has 1 aromatic heterocycles.